The zero-order valence-electron chi connectivity index (χ0n) is 12.8. The van der Waals surface area contributed by atoms with Gasteiger partial charge in [-0.25, -0.2) is 4.98 Å². The van der Waals surface area contributed by atoms with Crippen molar-refractivity contribution >= 4 is 46.2 Å². The van der Waals surface area contributed by atoms with Crippen LogP contribution in [-0.4, -0.2) is 27.0 Å². The molecule has 0 fully saturated rings. The zero-order valence-corrected chi connectivity index (χ0v) is 13.6. The van der Waals surface area contributed by atoms with Gasteiger partial charge in [0.15, 0.2) is 0 Å². The number of carbonyl (C=O) groups is 2. The smallest absolute Gasteiger partial charge is 0.258 e. The number of aromatic amines is 1. The number of amides is 2. The third-order valence-corrected chi connectivity index (χ3v) is 4.97. The highest BCUT2D eigenvalue weighted by Crippen LogP contribution is 2.36. The second-order valence-corrected chi connectivity index (χ2v) is 6.90. The highest BCUT2D eigenvalue weighted by Gasteiger charge is 2.23. The third-order valence-electron chi connectivity index (χ3n) is 3.79. The summed E-state index contributed by atoms with van der Waals surface area (Å²) in [5, 5.41) is 5.44. The number of fused-ring (bicyclic) bond motifs is 2. The molecule has 24 heavy (non-hydrogen) atoms. The number of aromatic nitrogens is 2. The monoisotopic (exact) mass is 338 g/mol. The van der Waals surface area contributed by atoms with Gasteiger partial charge in [-0.1, -0.05) is 12.1 Å². The van der Waals surface area contributed by atoms with Crippen molar-refractivity contribution in [2.24, 2.45) is 0 Å². The van der Waals surface area contributed by atoms with Crippen LogP contribution in [0.2, 0.25) is 0 Å². The molecule has 0 saturated carbocycles. The van der Waals surface area contributed by atoms with E-state index in [1.807, 2.05) is 37.3 Å². The number of para-hydroxylation sites is 2. The number of nitrogens with zero attached hydrogens (tertiary/aromatic N) is 1. The van der Waals surface area contributed by atoms with Crippen molar-refractivity contribution < 1.29 is 9.59 Å². The predicted octanol–water partition coefficient (Wildman–Crippen LogP) is 3.25. The minimum atomic E-state index is -0.283. The van der Waals surface area contributed by atoms with Gasteiger partial charge in [0.2, 0.25) is 11.9 Å². The Kier molecular flexibility index (Phi) is 3.50. The normalized spacial score (nSPS) is 16.5. The molecule has 2 aromatic carbocycles. The van der Waals surface area contributed by atoms with Crippen LogP contribution in [0.1, 0.15) is 17.3 Å². The van der Waals surface area contributed by atoms with Crippen molar-refractivity contribution in [2.75, 3.05) is 10.6 Å². The molecular formula is C17H14N4O2S. The van der Waals surface area contributed by atoms with Crippen molar-refractivity contribution in [2.45, 2.75) is 17.1 Å². The molecule has 0 saturated heterocycles. The number of hydrogen-bond donors (Lipinski definition) is 3. The number of thioether (sulfide) groups is 1. The van der Waals surface area contributed by atoms with Gasteiger partial charge in [-0.15, -0.1) is 11.8 Å². The van der Waals surface area contributed by atoms with Crippen LogP contribution in [0.3, 0.4) is 0 Å². The van der Waals surface area contributed by atoms with E-state index in [9.17, 15) is 9.59 Å². The van der Waals surface area contributed by atoms with E-state index in [0.717, 1.165) is 15.9 Å². The molecule has 3 N–H and O–H groups in total. The lowest BCUT2D eigenvalue weighted by atomic mass is 10.2. The summed E-state index contributed by atoms with van der Waals surface area (Å²) in [6, 6.07) is 12.8. The number of carbonyl (C=O) groups excluding carboxylic acids is 2. The molecule has 1 aromatic heterocycles. The van der Waals surface area contributed by atoms with Crippen LogP contribution >= 0.6 is 11.8 Å². The maximum absolute atomic E-state index is 12.4. The lowest BCUT2D eigenvalue weighted by Gasteiger charge is -2.21. The topological polar surface area (TPSA) is 86.9 Å². The Morgan fingerprint density at radius 2 is 2.08 bits per heavy atom. The standard InChI is InChI=1S/C17H14N4O2S/c1-9-15(22)18-13-8-10(6-7-14(13)24-9)16(23)21-17-19-11-4-2-3-5-12(11)20-17/h2-9H,1H3,(H,18,22)(H2,19,20,21,23). The lowest BCUT2D eigenvalue weighted by molar-refractivity contribution is -0.115. The van der Waals surface area contributed by atoms with Crippen LogP contribution in [0.15, 0.2) is 47.4 Å². The molecule has 120 valence electrons. The molecule has 1 aliphatic rings. The molecule has 2 amide bonds. The van der Waals surface area contributed by atoms with Crippen LogP contribution in [-0.2, 0) is 4.79 Å². The van der Waals surface area contributed by atoms with Gasteiger partial charge in [0.1, 0.15) is 0 Å². The molecule has 4 rings (SSSR count). The molecular weight excluding hydrogens is 324 g/mol. The summed E-state index contributed by atoms with van der Waals surface area (Å²) in [5.41, 5.74) is 2.77. The molecule has 1 unspecified atom stereocenters. The van der Waals surface area contributed by atoms with Crippen LogP contribution in [0.4, 0.5) is 11.6 Å². The van der Waals surface area contributed by atoms with Crippen LogP contribution in [0.25, 0.3) is 11.0 Å². The summed E-state index contributed by atoms with van der Waals surface area (Å²) in [7, 11) is 0. The second kappa shape index (κ2) is 5.68. The summed E-state index contributed by atoms with van der Waals surface area (Å²) in [5.74, 6) is 0.0584. The van der Waals surface area contributed by atoms with Crippen molar-refractivity contribution in [1.29, 1.82) is 0 Å². The highest BCUT2D eigenvalue weighted by molar-refractivity contribution is 8.00. The Labute approximate surface area is 142 Å². The number of benzene rings is 2. The summed E-state index contributed by atoms with van der Waals surface area (Å²) < 4.78 is 0. The first-order valence-corrected chi connectivity index (χ1v) is 8.36. The van der Waals surface area contributed by atoms with Crippen LogP contribution in [0, 0.1) is 0 Å². The van der Waals surface area contributed by atoms with E-state index in [2.05, 4.69) is 20.6 Å². The van der Waals surface area contributed by atoms with Gasteiger partial charge >= 0.3 is 0 Å². The maximum atomic E-state index is 12.4. The summed E-state index contributed by atoms with van der Waals surface area (Å²) in [4.78, 5) is 32.6. The molecule has 1 atom stereocenters. The minimum absolute atomic E-state index is 0.0534. The fraction of sp³-hybridized carbons (Fsp3) is 0.118. The Balaban J connectivity index is 1.58. The number of anilines is 2. The Hall–Kier alpha value is -2.80. The first-order chi connectivity index (χ1) is 11.6. The summed E-state index contributed by atoms with van der Waals surface area (Å²) in [6.07, 6.45) is 0. The Bertz CT molecular complexity index is 933. The second-order valence-electron chi connectivity index (χ2n) is 5.52. The molecule has 2 heterocycles. The average Bonchev–Trinajstić information content (AvgIpc) is 2.97. The minimum Gasteiger partial charge on any atom is -0.324 e. The fourth-order valence-electron chi connectivity index (χ4n) is 2.54. The Morgan fingerprint density at radius 1 is 1.25 bits per heavy atom. The number of hydrogen-bond acceptors (Lipinski definition) is 4. The van der Waals surface area contributed by atoms with Crippen molar-refractivity contribution in [1.82, 2.24) is 9.97 Å². The zero-order chi connectivity index (χ0) is 16.7. The van der Waals surface area contributed by atoms with Crippen molar-refractivity contribution in [3.8, 4) is 0 Å². The number of imidazole rings is 1. The number of rotatable bonds is 2. The van der Waals surface area contributed by atoms with Gasteiger partial charge in [0.05, 0.1) is 22.0 Å². The lowest BCUT2D eigenvalue weighted by Crippen LogP contribution is -2.26. The molecule has 0 aliphatic carbocycles. The molecule has 1 aliphatic heterocycles. The summed E-state index contributed by atoms with van der Waals surface area (Å²) in [6.45, 7) is 1.85. The first kappa shape index (κ1) is 14.8. The largest absolute Gasteiger partial charge is 0.324 e. The summed E-state index contributed by atoms with van der Waals surface area (Å²) >= 11 is 1.49. The van der Waals surface area contributed by atoms with Gasteiger partial charge in [-0.05, 0) is 37.3 Å². The number of nitrogens with one attached hydrogen (secondary N) is 3. The van der Waals surface area contributed by atoms with E-state index in [1.54, 1.807) is 12.1 Å². The van der Waals surface area contributed by atoms with Crippen molar-refractivity contribution in [3.05, 3.63) is 48.0 Å². The third kappa shape index (κ3) is 2.63. The first-order valence-electron chi connectivity index (χ1n) is 7.48. The Morgan fingerprint density at radius 3 is 2.92 bits per heavy atom. The highest BCUT2D eigenvalue weighted by atomic mass is 32.2. The van der Waals surface area contributed by atoms with Gasteiger partial charge in [0.25, 0.3) is 5.91 Å². The van der Waals surface area contributed by atoms with Crippen LogP contribution < -0.4 is 10.6 Å². The van der Waals surface area contributed by atoms with Crippen molar-refractivity contribution in [3.63, 3.8) is 0 Å². The molecule has 0 bridgehead atoms. The number of H-pyrrole nitrogens is 1. The van der Waals surface area contributed by atoms with E-state index in [4.69, 9.17) is 0 Å². The van der Waals surface area contributed by atoms with E-state index >= 15 is 0 Å². The predicted molar refractivity (Wildman–Crippen MR) is 94.4 cm³/mol. The van der Waals surface area contributed by atoms with E-state index in [-0.39, 0.29) is 17.1 Å². The van der Waals surface area contributed by atoms with Gasteiger partial charge in [-0.2, -0.15) is 0 Å². The molecule has 0 spiro atoms. The quantitative estimate of drug-likeness (QED) is 0.669. The molecule has 0 radical (unpaired) electrons. The SMILES string of the molecule is CC1Sc2ccc(C(=O)Nc3nc4ccccc4[nH]3)cc2NC1=O. The van der Waals surface area contributed by atoms with Gasteiger partial charge in [-0.3, -0.25) is 14.9 Å². The van der Waals surface area contributed by atoms with Gasteiger partial charge in [0, 0.05) is 10.5 Å². The maximum Gasteiger partial charge on any atom is 0.258 e. The van der Waals surface area contributed by atoms with Gasteiger partial charge < -0.3 is 10.3 Å². The average molecular weight is 338 g/mol. The fourth-order valence-corrected chi connectivity index (χ4v) is 3.47. The van der Waals surface area contributed by atoms with E-state index in [0.29, 0.717) is 17.2 Å². The molecule has 3 aromatic rings. The van der Waals surface area contributed by atoms with Crippen LogP contribution in [0.5, 0.6) is 0 Å². The molecule has 7 heteroatoms. The molecule has 6 nitrogen and oxygen atoms in total. The van der Waals surface area contributed by atoms with E-state index < -0.39 is 0 Å². The van der Waals surface area contributed by atoms with E-state index in [1.165, 1.54) is 11.8 Å².